The smallest absolute Gasteiger partial charge is 0.216 e. The number of carbonyl (C=O) groups is 1. The molecule has 0 aromatic carbocycles. The summed E-state index contributed by atoms with van der Waals surface area (Å²) in [5, 5.41) is 3.71. The maximum Gasteiger partial charge on any atom is 0.216 e. The Labute approximate surface area is 118 Å². The SMILES string of the molecule is CSc1nccc(N2CCCC(CNC(C)=O)C2)n1. The lowest BCUT2D eigenvalue weighted by molar-refractivity contribution is -0.119. The Balaban J connectivity index is 1.97. The lowest BCUT2D eigenvalue weighted by Gasteiger charge is -2.33. The molecule has 0 aliphatic carbocycles. The maximum atomic E-state index is 11.0. The van der Waals surface area contributed by atoms with Gasteiger partial charge < -0.3 is 10.2 Å². The highest BCUT2D eigenvalue weighted by atomic mass is 32.2. The van der Waals surface area contributed by atoms with Crippen LogP contribution in [0.15, 0.2) is 17.4 Å². The second-order valence-electron chi connectivity index (χ2n) is 4.79. The summed E-state index contributed by atoms with van der Waals surface area (Å²) >= 11 is 1.56. The second-order valence-corrected chi connectivity index (χ2v) is 5.57. The summed E-state index contributed by atoms with van der Waals surface area (Å²) in [5.74, 6) is 1.54. The highest BCUT2D eigenvalue weighted by Crippen LogP contribution is 2.22. The van der Waals surface area contributed by atoms with Gasteiger partial charge in [-0.3, -0.25) is 4.79 Å². The molecule has 1 amide bonds. The van der Waals surface area contributed by atoms with E-state index in [9.17, 15) is 4.79 Å². The van der Waals surface area contributed by atoms with Crippen molar-refractivity contribution in [1.29, 1.82) is 0 Å². The van der Waals surface area contributed by atoms with Crippen molar-refractivity contribution < 1.29 is 4.79 Å². The number of anilines is 1. The zero-order valence-electron chi connectivity index (χ0n) is 11.4. The van der Waals surface area contributed by atoms with Crippen LogP contribution in [0.25, 0.3) is 0 Å². The fraction of sp³-hybridized carbons (Fsp3) is 0.615. The van der Waals surface area contributed by atoms with Gasteiger partial charge in [-0.15, -0.1) is 0 Å². The lowest BCUT2D eigenvalue weighted by atomic mass is 9.98. The Morgan fingerprint density at radius 2 is 2.47 bits per heavy atom. The minimum absolute atomic E-state index is 0.0452. The van der Waals surface area contributed by atoms with Crippen LogP contribution in [0.1, 0.15) is 19.8 Å². The molecule has 5 nitrogen and oxygen atoms in total. The molecule has 104 valence electrons. The Morgan fingerprint density at radius 1 is 1.63 bits per heavy atom. The highest BCUT2D eigenvalue weighted by Gasteiger charge is 2.21. The first-order valence-electron chi connectivity index (χ1n) is 6.55. The summed E-state index contributed by atoms with van der Waals surface area (Å²) in [7, 11) is 0. The summed E-state index contributed by atoms with van der Waals surface area (Å²) in [6.07, 6.45) is 6.10. The number of aromatic nitrogens is 2. The van der Waals surface area contributed by atoms with E-state index in [4.69, 9.17) is 0 Å². The number of nitrogens with zero attached hydrogens (tertiary/aromatic N) is 3. The van der Waals surface area contributed by atoms with Crippen molar-refractivity contribution in [2.75, 3.05) is 30.8 Å². The van der Waals surface area contributed by atoms with Crippen molar-refractivity contribution in [2.24, 2.45) is 5.92 Å². The Morgan fingerprint density at radius 3 is 3.21 bits per heavy atom. The van der Waals surface area contributed by atoms with E-state index in [1.165, 1.54) is 0 Å². The van der Waals surface area contributed by atoms with Crippen molar-refractivity contribution in [2.45, 2.75) is 24.9 Å². The van der Waals surface area contributed by atoms with E-state index in [1.807, 2.05) is 18.5 Å². The van der Waals surface area contributed by atoms with Gasteiger partial charge in [-0.1, -0.05) is 11.8 Å². The van der Waals surface area contributed by atoms with Gasteiger partial charge >= 0.3 is 0 Å². The van der Waals surface area contributed by atoms with Crippen molar-refractivity contribution in [1.82, 2.24) is 15.3 Å². The number of thioether (sulfide) groups is 1. The zero-order chi connectivity index (χ0) is 13.7. The van der Waals surface area contributed by atoms with Gasteiger partial charge in [0.05, 0.1) is 0 Å². The molecule has 0 spiro atoms. The molecule has 19 heavy (non-hydrogen) atoms. The molecule has 2 rings (SSSR count). The molecule has 0 bridgehead atoms. The molecule has 1 unspecified atom stereocenters. The molecule has 1 aromatic rings. The average molecular weight is 280 g/mol. The van der Waals surface area contributed by atoms with Gasteiger partial charge in [0.25, 0.3) is 0 Å². The minimum Gasteiger partial charge on any atom is -0.356 e. The zero-order valence-corrected chi connectivity index (χ0v) is 12.2. The molecule has 2 heterocycles. The summed E-state index contributed by atoms with van der Waals surface area (Å²) in [6, 6.07) is 1.96. The summed E-state index contributed by atoms with van der Waals surface area (Å²) in [4.78, 5) is 22.0. The third-order valence-corrected chi connectivity index (χ3v) is 3.85. The van der Waals surface area contributed by atoms with E-state index in [-0.39, 0.29) is 5.91 Å². The molecule has 1 aromatic heterocycles. The van der Waals surface area contributed by atoms with Crippen LogP contribution in [-0.4, -0.2) is 41.8 Å². The topological polar surface area (TPSA) is 58.1 Å². The van der Waals surface area contributed by atoms with Crippen LogP contribution in [0, 0.1) is 5.92 Å². The van der Waals surface area contributed by atoms with E-state index in [2.05, 4.69) is 20.2 Å². The first-order valence-corrected chi connectivity index (χ1v) is 7.78. The maximum absolute atomic E-state index is 11.0. The van der Waals surface area contributed by atoms with Gasteiger partial charge in [0, 0.05) is 32.8 Å². The first-order chi connectivity index (χ1) is 9.19. The third kappa shape index (κ3) is 4.09. The number of piperidine rings is 1. The van der Waals surface area contributed by atoms with Gasteiger partial charge in [0.15, 0.2) is 5.16 Å². The number of carbonyl (C=O) groups excluding carboxylic acids is 1. The van der Waals surface area contributed by atoms with E-state index < -0.39 is 0 Å². The van der Waals surface area contributed by atoms with Gasteiger partial charge in [0.2, 0.25) is 5.91 Å². The molecule has 1 N–H and O–H groups in total. The van der Waals surface area contributed by atoms with Crippen LogP contribution in [0.2, 0.25) is 0 Å². The molecular weight excluding hydrogens is 260 g/mol. The Kier molecular flexibility index (Phi) is 5.01. The fourth-order valence-electron chi connectivity index (χ4n) is 2.33. The van der Waals surface area contributed by atoms with Crippen LogP contribution in [0.5, 0.6) is 0 Å². The second kappa shape index (κ2) is 6.75. The molecule has 6 heteroatoms. The molecule has 1 fully saturated rings. The molecule has 1 aliphatic rings. The van der Waals surface area contributed by atoms with E-state index in [0.717, 1.165) is 43.5 Å². The fourth-order valence-corrected chi connectivity index (χ4v) is 2.69. The predicted molar refractivity (Wildman–Crippen MR) is 77.4 cm³/mol. The van der Waals surface area contributed by atoms with Crippen LogP contribution in [0.4, 0.5) is 5.82 Å². The van der Waals surface area contributed by atoms with Crippen molar-refractivity contribution in [3.63, 3.8) is 0 Å². The third-order valence-electron chi connectivity index (χ3n) is 3.28. The van der Waals surface area contributed by atoms with E-state index in [1.54, 1.807) is 18.7 Å². The quantitative estimate of drug-likeness (QED) is 0.670. The number of hydrogen-bond donors (Lipinski definition) is 1. The normalized spacial score (nSPS) is 19.3. The van der Waals surface area contributed by atoms with Crippen LogP contribution in [0.3, 0.4) is 0 Å². The first kappa shape index (κ1) is 14.1. The van der Waals surface area contributed by atoms with Crippen LogP contribution in [-0.2, 0) is 4.79 Å². The standard InChI is InChI=1S/C13H20N4OS/c1-10(18)15-8-11-4-3-7-17(9-11)12-5-6-14-13(16-12)19-2/h5-6,11H,3-4,7-9H2,1-2H3,(H,15,18). The van der Waals surface area contributed by atoms with Gasteiger partial charge in [0.1, 0.15) is 5.82 Å². The van der Waals surface area contributed by atoms with Gasteiger partial charge in [-0.25, -0.2) is 9.97 Å². The van der Waals surface area contributed by atoms with Gasteiger partial charge in [-0.05, 0) is 31.1 Å². The Hall–Kier alpha value is -1.30. The summed E-state index contributed by atoms with van der Waals surface area (Å²) in [6.45, 7) is 4.30. The number of amides is 1. The number of rotatable bonds is 4. The molecule has 1 saturated heterocycles. The van der Waals surface area contributed by atoms with E-state index >= 15 is 0 Å². The predicted octanol–water partition coefficient (Wildman–Crippen LogP) is 1.55. The molecule has 1 aliphatic heterocycles. The monoisotopic (exact) mass is 280 g/mol. The average Bonchev–Trinajstić information content (AvgIpc) is 2.45. The Bertz CT molecular complexity index is 440. The summed E-state index contributed by atoms with van der Waals surface area (Å²) in [5.41, 5.74) is 0. The van der Waals surface area contributed by atoms with Crippen LogP contribution < -0.4 is 10.2 Å². The number of hydrogen-bond acceptors (Lipinski definition) is 5. The van der Waals surface area contributed by atoms with Crippen molar-refractivity contribution >= 4 is 23.5 Å². The van der Waals surface area contributed by atoms with Gasteiger partial charge in [-0.2, -0.15) is 0 Å². The van der Waals surface area contributed by atoms with Crippen molar-refractivity contribution in [3.8, 4) is 0 Å². The molecular formula is C13H20N4OS. The molecule has 0 radical (unpaired) electrons. The largest absolute Gasteiger partial charge is 0.356 e. The lowest BCUT2D eigenvalue weighted by Crippen LogP contribution is -2.41. The van der Waals surface area contributed by atoms with E-state index in [0.29, 0.717) is 5.92 Å². The summed E-state index contributed by atoms with van der Waals surface area (Å²) < 4.78 is 0. The molecule has 1 atom stereocenters. The minimum atomic E-state index is 0.0452. The van der Waals surface area contributed by atoms with Crippen LogP contribution >= 0.6 is 11.8 Å². The van der Waals surface area contributed by atoms with Crippen molar-refractivity contribution in [3.05, 3.63) is 12.3 Å². The number of nitrogens with one attached hydrogen (secondary N) is 1. The molecule has 0 saturated carbocycles. The highest BCUT2D eigenvalue weighted by molar-refractivity contribution is 7.98.